The molecule has 148 valence electrons. The minimum Gasteiger partial charge on any atom is -0.294 e. The Morgan fingerprint density at radius 2 is 1.71 bits per heavy atom. The summed E-state index contributed by atoms with van der Waals surface area (Å²) >= 11 is 1.09. The number of hydrogen-bond donors (Lipinski definition) is 1. The molecule has 28 heavy (non-hydrogen) atoms. The molecule has 7 heteroatoms. The Balaban J connectivity index is 1.62. The van der Waals surface area contributed by atoms with Crippen LogP contribution in [0.5, 0.6) is 0 Å². The van der Waals surface area contributed by atoms with Gasteiger partial charge in [0.1, 0.15) is 0 Å². The third-order valence-electron chi connectivity index (χ3n) is 5.31. The molecule has 0 amide bonds. The van der Waals surface area contributed by atoms with E-state index in [1.54, 1.807) is 22.8 Å². The zero-order valence-electron chi connectivity index (χ0n) is 15.6. The fourth-order valence-electron chi connectivity index (χ4n) is 3.81. The normalized spacial score (nSPS) is 16.3. The maximum Gasteiger partial charge on any atom is 0.308 e. The molecular formula is C21H24N2O3S2. The first-order chi connectivity index (χ1) is 13.5. The highest BCUT2D eigenvalue weighted by atomic mass is 32.2. The number of nitrogens with zero attached hydrogens (tertiary/aromatic N) is 1. The molecule has 5 nitrogen and oxygen atoms in total. The molecule has 0 bridgehead atoms. The average molecular weight is 417 g/mol. The van der Waals surface area contributed by atoms with Gasteiger partial charge in [0.15, 0.2) is 0 Å². The number of fused-ring (bicyclic) bond motifs is 1. The van der Waals surface area contributed by atoms with E-state index in [0.717, 1.165) is 48.1 Å². The molecule has 0 radical (unpaired) electrons. The molecule has 1 aliphatic rings. The Labute approximate surface area is 169 Å². The maximum absolute atomic E-state index is 12.8. The molecular weight excluding hydrogens is 392 g/mol. The molecule has 1 fully saturated rings. The second-order valence-corrected chi connectivity index (χ2v) is 10.1. The molecule has 0 atom stereocenters. The molecule has 0 spiro atoms. The van der Waals surface area contributed by atoms with Crippen molar-refractivity contribution in [3.63, 3.8) is 0 Å². The van der Waals surface area contributed by atoms with E-state index in [1.165, 1.54) is 12.8 Å². The predicted octanol–water partition coefficient (Wildman–Crippen LogP) is 4.11. The second-order valence-electron chi connectivity index (χ2n) is 7.38. The van der Waals surface area contributed by atoms with E-state index in [2.05, 4.69) is 4.72 Å². The first kappa shape index (κ1) is 19.4. The first-order valence-electron chi connectivity index (χ1n) is 9.72. The first-order valence-corrected chi connectivity index (χ1v) is 12.0. The van der Waals surface area contributed by atoms with E-state index < -0.39 is 10.0 Å². The zero-order chi connectivity index (χ0) is 19.6. The van der Waals surface area contributed by atoms with Gasteiger partial charge in [-0.1, -0.05) is 67.4 Å². The highest BCUT2D eigenvalue weighted by Gasteiger charge is 2.22. The third-order valence-corrected chi connectivity index (χ3v) is 7.77. The van der Waals surface area contributed by atoms with Crippen LogP contribution in [0.2, 0.25) is 0 Å². The third kappa shape index (κ3) is 4.21. The average Bonchev–Trinajstić information content (AvgIpc) is 2.84. The highest BCUT2D eigenvalue weighted by Crippen LogP contribution is 2.24. The minimum atomic E-state index is -3.58. The lowest BCUT2D eigenvalue weighted by Crippen LogP contribution is -2.34. The number of rotatable bonds is 5. The molecule has 4 rings (SSSR count). The molecule has 1 N–H and O–H groups in total. The number of benzene rings is 2. The summed E-state index contributed by atoms with van der Waals surface area (Å²) in [5.41, 5.74) is 1.81. The Hall–Kier alpha value is -1.96. The fourth-order valence-corrected chi connectivity index (χ4v) is 6.15. The Morgan fingerprint density at radius 3 is 2.43 bits per heavy atom. The predicted molar refractivity (Wildman–Crippen MR) is 113 cm³/mol. The van der Waals surface area contributed by atoms with Gasteiger partial charge in [0, 0.05) is 6.04 Å². The van der Waals surface area contributed by atoms with Crippen LogP contribution in [0.15, 0.2) is 58.2 Å². The van der Waals surface area contributed by atoms with Crippen LogP contribution in [0.3, 0.4) is 0 Å². The number of hydrogen-bond acceptors (Lipinski definition) is 4. The lowest BCUT2D eigenvalue weighted by Gasteiger charge is -2.16. The van der Waals surface area contributed by atoms with Crippen molar-refractivity contribution in [2.45, 2.75) is 56.0 Å². The topological polar surface area (TPSA) is 68.2 Å². The van der Waals surface area contributed by atoms with Crippen molar-refractivity contribution in [1.82, 2.24) is 9.29 Å². The monoisotopic (exact) mass is 416 g/mol. The molecule has 3 aromatic rings. The molecule has 0 saturated heterocycles. The summed E-state index contributed by atoms with van der Waals surface area (Å²) < 4.78 is 31.0. The van der Waals surface area contributed by atoms with Crippen molar-refractivity contribution < 1.29 is 8.42 Å². The molecule has 1 saturated carbocycles. The van der Waals surface area contributed by atoms with Crippen molar-refractivity contribution in [3.8, 4) is 0 Å². The van der Waals surface area contributed by atoms with Crippen LogP contribution < -0.4 is 9.60 Å². The van der Waals surface area contributed by atoms with E-state index in [0.29, 0.717) is 11.2 Å². The van der Waals surface area contributed by atoms with Gasteiger partial charge in [-0.05, 0) is 36.6 Å². The van der Waals surface area contributed by atoms with Crippen molar-refractivity contribution in [3.05, 3.63) is 63.8 Å². The van der Waals surface area contributed by atoms with Crippen LogP contribution in [0, 0.1) is 0 Å². The quantitative estimate of drug-likeness (QED) is 0.637. The Morgan fingerprint density at radius 1 is 1.00 bits per heavy atom. The SMILES string of the molecule is O=c1sc2cc(S(=O)(=O)NC3CCCCCC3)ccc2n1Cc1ccccc1. The molecule has 1 aromatic heterocycles. The summed E-state index contributed by atoms with van der Waals surface area (Å²) in [5, 5.41) is 0. The van der Waals surface area contributed by atoms with Crippen LogP contribution in [0.25, 0.3) is 10.2 Å². The van der Waals surface area contributed by atoms with E-state index >= 15 is 0 Å². The maximum atomic E-state index is 12.8. The van der Waals surface area contributed by atoms with Gasteiger partial charge in [0.2, 0.25) is 10.0 Å². The molecule has 0 aliphatic heterocycles. The zero-order valence-corrected chi connectivity index (χ0v) is 17.3. The standard InChI is InChI=1S/C21H24N2O3S2/c24-21-23(15-16-8-4-3-5-9-16)19-13-12-18(14-20(19)27-21)28(25,26)22-17-10-6-1-2-7-11-17/h3-5,8-9,12-14,17,22H,1-2,6-7,10-11,15H2. The summed E-state index contributed by atoms with van der Waals surface area (Å²) in [6.45, 7) is 0.478. The number of nitrogens with one attached hydrogen (secondary N) is 1. The van der Waals surface area contributed by atoms with E-state index in [1.807, 2.05) is 30.3 Å². The van der Waals surface area contributed by atoms with Crippen LogP contribution in [-0.4, -0.2) is 19.0 Å². The lowest BCUT2D eigenvalue weighted by atomic mass is 10.1. The molecule has 2 aromatic carbocycles. The minimum absolute atomic E-state index is 0.00428. The van der Waals surface area contributed by atoms with E-state index in [4.69, 9.17) is 0 Å². The van der Waals surface area contributed by atoms with Crippen molar-refractivity contribution in [2.24, 2.45) is 0 Å². The van der Waals surface area contributed by atoms with Crippen molar-refractivity contribution >= 4 is 31.6 Å². The highest BCUT2D eigenvalue weighted by molar-refractivity contribution is 7.89. The largest absolute Gasteiger partial charge is 0.308 e. The van der Waals surface area contributed by atoms with Crippen molar-refractivity contribution in [2.75, 3.05) is 0 Å². The molecule has 0 unspecified atom stereocenters. The fraction of sp³-hybridized carbons (Fsp3) is 0.381. The summed E-state index contributed by atoms with van der Waals surface area (Å²) in [5.74, 6) is 0. The van der Waals surface area contributed by atoms with Crippen molar-refractivity contribution in [1.29, 1.82) is 0 Å². The van der Waals surface area contributed by atoms with Gasteiger partial charge in [-0.25, -0.2) is 13.1 Å². The smallest absolute Gasteiger partial charge is 0.294 e. The Bertz CT molecular complexity index is 1110. The van der Waals surface area contributed by atoms with Crippen LogP contribution in [-0.2, 0) is 16.6 Å². The van der Waals surface area contributed by atoms with Crippen LogP contribution in [0.4, 0.5) is 0 Å². The molecule has 1 heterocycles. The van der Waals surface area contributed by atoms with Crippen LogP contribution >= 0.6 is 11.3 Å². The van der Waals surface area contributed by atoms with Gasteiger partial charge >= 0.3 is 4.87 Å². The molecule has 1 aliphatic carbocycles. The van der Waals surface area contributed by atoms with E-state index in [-0.39, 0.29) is 15.8 Å². The van der Waals surface area contributed by atoms with E-state index in [9.17, 15) is 13.2 Å². The van der Waals surface area contributed by atoms with Gasteiger partial charge in [0.25, 0.3) is 0 Å². The summed E-state index contributed by atoms with van der Waals surface area (Å²) in [6, 6.07) is 14.8. The van der Waals surface area contributed by atoms with Crippen LogP contribution in [0.1, 0.15) is 44.1 Å². The van der Waals surface area contributed by atoms with Gasteiger partial charge in [-0.3, -0.25) is 9.36 Å². The summed E-state index contributed by atoms with van der Waals surface area (Å²) in [7, 11) is -3.58. The summed E-state index contributed by atoms with van der Waals surface area (Å²) in [4.78, 5) is 12.6. The number of sulfonamides is 1. The Kier molecular flexibility index (Phi) is 5.66. The number of aromatic nitrogens is 1. The second kappa shape index (κ2) is 8.19. The van der Waals surface area contributed by atoms with Gasteiger partial charge in [0.05, 0.1) is 21.7 Å². The van der Waals surface area contributed by atoms with Gasteiger partial charge in [-0.2, -0.15) is 0 Å². The van der Waals surface area contributed by atoms with Gasteiger partial charge < -0.3 is 0 Å². The number of thiazole rings is 1. The summed E-state index contributed by atoms with van der Waals surface area (Å²) in [6.07, 6.45) is 6.26. The lowest BCUT2D eigenvalue weighted by molar-refractivity contribution is 0.510. The van der Waals surface area contributed by atoms with Gasteiger partial charge in [-0.15, -0.1) is 0 Å².